The van der Waals surface area contributed by atoms with Crippen molar-refractivity contribution in [1.29, 1.82) is 0 Å². The van der Waals surface area contributed by atoms with Gasteiger partial charge in [0.15, 0.2) is 5.58 Å². The Hall–Kier alpha value is -2.86. The second-order valence-electron chi connectivity index (χ2n) is 5.12. The van der Waals surface area contributed by atoms with Crippen molar-refractivity contribution in [2.45, 2.75) is 6.54 Å². The predicted molar refractivity (Wildman–Crippen MR) is 89.0 cm³/mol. The van der Waals surface area contributed by atoms with Crippen LogP contribution in [0.5, 0.6) is 5.75 Å². The smallest absolute Gasteiger partial charge is 0.337 e. The Morgan fingerprint density at radius 1 is 1.17 bits per heavy atom. The Bertz CT molecular complexity index is 778. The molecule has 0 fully saturated rings. The van der Waals surface area contributed by atoms with Crippen LogP contribution in [0, 0.1) is 0 Å². The maximum absolute atomic E-state index is 11.3. The molecule has 0 radical (unpaired) electrons. The summed E-state index contributed by atoms with van der Waals surface area (Å²) >= 11 is 0. The molecule has 6 heteroatoms. The summed E-state index contributed by atoms with van der Waals surface area (Å²) in [6, 6.07) is 14.5. The number of nitrogens with zero attached hydrogens (tertiary/aromatic N) is 1. The van der Waals surface area contributed by atoms with Gasteiger partial charge in [-0.25, -0.2) is 9.78 Å². The Kier molecular flexibility index (Phi) is 5.08. The molecule has 0 saturated carbocycles. The molecule has 0 saturated heterocycles. The predicted octanol–water partition coefficient (Wildman–Crippen LogP) is 2.78. The van der Waals surface area contributed by atoms with Crippen LogP contribution < -0.4 is 10.1 Å². The number of oxazole rings is 1. The number of carbonyl (C=O) groups is 1. The minimum absolute atomic E-state index is 0.360. The maximum Gasteiger partial charge on any atom is 0.337 e. The lowest BCUT2D eigenvalue weighted by molar-refractivity contribution is 0.0600. The molecule has 0 aliphatic rings. The van der Waals surface area contributed by atoms with Gasteiger partial charge in [-0.1, -0.05) is 12.1 Å². The van der Waals surface area contributed by atoms with E-state index in [0.717, 1.165) is 11.1 Å². The van der Waals surface area contributed by atoms with Crippen LogP contribution in [0.25, 0.3) is 11.1 Å². The van der Waals surface area contributed by atoms with Gasteiger partial charge in [0, 0.05) is 6.54 Å². The second-order valence-corrected chi connectivity index (χ2v) is 5.12. The highest BCUT2D eigenvalue weighted by molar-refractivity contribution is 5.89. The normalized spacial score (nSPS) is 10.7. The van der Waals surface area contributed by atoms with Gasteiger partial charge in [-0.15, -0.1) is 0 Å². The highest BCUT2D eigenvalue weighted by atomic mass is 16.5. The first-order valence-electron chi connectivity index (χ1n) is 7.62. The van der Waals surface area contributed by atoms with Gasteiger partial charge in [0.05, 0.1) is 19.2 Å². The summed E-state index contributed by atoms with van der Waals surface area (Å²) in [5.41, 5.74) is 2.14. The molecule has 1 aromatic heterocycles. The van der Waals surface area contributed by atoms with Crippen LogP contribution in [-0.4, -0.2) is 31.2 Å². The van der Waals surface area contributed by atoms with Crippen LogP contribution >= 0.6 is 0 Å². The van der Waals surface area contributed by atoms with Crippen molar-refractivity contribution >= 4 is 17.1 Å². The molecule has 0 aliphatic carbocycles. The van der Waals surface area contributed by atoms with Gasteiger partial charge in [-0.05, 0) is 36.4 Å². The lowest BCUT2D eigenvalue weighted by atomic mass is 10.2. The maximum atomic E-state index is 11.3. The van der Waals surface area contributed by atoms with E-state index in [0.29, 0.717) is 36.9 Å². The van der Waals surface area contributed by atoms with Crippen LogP contribution in [0.4, 0.5) is 0 Å². The molecule has 0 atom stereocenters. The molecule has 2 aromatic carbocycles. The Morgan fingerprint density at radius 2 is 1.96 bits per heavy atom. The Balaban J connectivity index is 1.41. The molecular weight excluding hydrogens is 308 g/mol. The lowest BCUT2D eigenvalue weighted by Crippen LogP contribution is -2.20. The van der Waals surface area contributed by atoms with Gasteiger partial charge in [-0.2, -0.15) is 0 Å². The Morgan fingerprint density at radius 3 is 2.71 bits per heavy atom. The number of esters is 1. The molecule has 3 aromatic rings. The summed E-state index contributed by atoms with van der Waals surface area (Å²) in [4.78, 5) is 15.7. The summed E-state index contributed by atoms with van der Waals surface area (Å²) in [6.07, 6.45) is 0. The number of aromatic nitrogens is 1. The minimum Gasteiger partial charge on any atom is -0.492 e. The molecule has 24 heavy (non-hydrogen) atoms. The fraction of sp³-hybridized carbons (Fsp3) is 0.222. The molecule has 0 spiro atoms. The van der Waals surface area contributed by atoms with Crippen LogP contribution in [-0.2, 0) is 11.3 Å². The number of carbonyl (C=O) groups excluding carboxylic acids is 1. The van der Waals surface area contributed by atoms with Crippen LogP contribution in [0.3, 0.4) is 0 Å². The number of ether oxygens (including phenoxy) is 2. The third-order valence-corrected chi connectivity index (χ3v) is 3.44. The number of fused-ring (bicyclic) bond motifs is 1. The van der Waals surface area contributed by atoms with Crippen molar-refractivity contribution in [2.24, 2.45) is 0 Å². The van der Waals surface area contributed by atoms with Crippen LogP contribution in [0.1, 0.15) is 16.2 Å². The second kappa shape index (κ2) is 7.61. The standard InChI is InChI=1S/C18H18N2O4/c1-22-18(21)13-6-8-14(9-7-13)23-11-10-19-12-17-20-15-4-2-3-5-16(15)24-17/h2-9,19H,10-12H2,1H3. The average Bonchev–Trinajstić information content (AvgIpc) is 3.04. The summed E-state index contributed by atoms with van der Waals surface area (Å²) < 4.78 is 15.9. The molecule has 1 N–H and O–H groups in total. The van der Waals surface area contributed by atoms with E-state index in [9.17, 15) is 4.79 Å². The van der Waals surface area contributed by atoms with Gasteiger partial charge >= 0.3 is 5.97 Å². The summed E-state index contributed by atoms with van der Waals surface area (Å²) in [5.74, 6) is 0.992. The minimum atomic E-state index is -0.360. The fourth-order valence-electron chi connectivity index (χ4n) is 2.24. The first-order valence-corrected chi connectivity index (χ1v) is 7.62. The van der Waals surface area contributed by atoms with Crippen molar-refractivity contribution in [3.63, 3.8) is 0 Å². The van der Waals surface area contributed by atoms with E-state index >= 15 is 0 Å². The van der Waals surface area contributed by atoms with E-state index in [1.54, 1.807) is 24.3 Å². The van der Waals surface area contributed by atoms with Crippen molar-refractivity contribution in [1.82, 2.24) is 10.3 Å². The van der Waals surface area contributed by atoms with Crippen molar-refractivity contribution in [2.75, 3.05) is 20.3 Å². The third kappa shape index (κ3) is 3.91. The zero-order valence-corrected chi connectivity index (χ0v) is 13.3. The van der Waals surface area contributed by atoms with Gasteiger partial charge in [0.1, 0.15) is 17.9 Å². The van der Waals surface area contributed by atoms with Gasteiger partial charge < -0.3 is 19.2 Å². The topological polar surface area (TPSA) is 73.6 Å². The zero-order chi connectivity index (χ0) is 16.8. The molecule has 0 unspecified atom stereocenters. The monoisotopic (exact) mass is 326 g/mol. The highest BCUT2D eigenvalue weighted by Gasteiger charge is 2.05. The average molecular weight is 326 g/mol. The molecule has 124 valence electrons. The fourth-order valence-corrected chi connectivity index (χ4v) is 2.24. The first kappa shape index (κ1) is 16.0. The van der Waals surface area contributed by atoms with E-state index < -0.39 is 0 Å². The van der Waals surface area contributed by atoms with Crippen LogP contribution in [0.15, 0.2) is 52.9 Å². The number of rotatable bonds is 7. The van der Waals surface area contributed by atoms with Crippen LogP contribution in [0.2, 0.25) is 0 Å². The largest absolute Gasteiger partial charge is 0.492 e. The SMILES string of the molecule is COC(=O)c1ccc(OCCNCc2nc3ccccc3o2)cc1. The Labute approximate surface area is 139 Å². The number of para-hydroxylation sites is 2. The van der Waals surface area contributed by atoms with E-state index in [-0.39, 0.29) is 5.97 Å². The molecular formula is C18H18N2O4. The van der Waals surface area contributed by atoms with E-state index in [4.69, 9.17) is 9.15 Å². The summed E-state index contributed by atoms with van der Waals surface area (Å²) in [5, 5.41) is 3.22. The molecule has 1 heterocycles. The number of nitrogens with one attached hydrogen (secondary N) is 1. The molecule has 3 rings (SSSR count). The van der Waals surface area contributed by atoms with Gasteiger partial charge in [-0.3, -0.25) is 0 Å². The number of benzene rings is 2. The summed E-state index contributed by atoms with van der Waals surface area (Å²) in [7, 11) is 1.36. The van der Waals surface area contributed by atoms with E-state index in [2.05, 4.69) is 15.0 Å². The quantitative estimate of drug-likeness (QED) is 0.532. The highest BCUT2D eigenvalue weighted by Crippen LogP contribution is 2.14. The number of hydrogen-bond donors (Lipinski definition) is 1. The van der Waals surface area contributed by atoms with Crippen molar-refractivity contribution < 1.29 is 18.7 Å². The zero-order valence-electron chi connectivity index (χ0n) is 13.3. The van der Waals surface area contributed by atoms with E-state index in [1.807, 2.05) is 24.3 Å². The van der Waals surface area contributed by atoms with Gasteiger partial charge in [0.25, 0.3) is 0 Å². The van der Waals surface area contributed by atoms with E-state index in [1.165, 1.54) is 7.11 Å². The van der Waals surface area contributed by atoms with Crippen molar-refractivity contribution in [3.05, 3.63) is 60.0 Å². The number of methoxy groups -OCH3 is 1. The molecule has 0 bridgehead atoms. The third-order valence-electron chi connectivity index (χ3n) is 3.44. The van der Waals surface area contributed by atoms with Gasteiger partial charge in [0.2, 0.25) is 5.89 Å². The van der Waals surface area contributed by atoms with Crippen molar-refractivity contribution in [3.8, 4) is 5.75 Å². The molecule has 0 amide bonds. The molecule has 6 nitrogen and oxygen atoms in total. The lowest BCUT2D eigenvalue weighted by Gasteiger charge is -2.07. The molecule has 0 aliphatic heterocycles. The summed E-state index contributed by atoms with van der Waals surface area (Å²) in [6.45, 7) is 1.69. The number of hydrogen-bond acceptors (Lipinski definition) is 6. The first-order chi connectivity index (χ1) is 11.8.